The molecule has 1 aliphatic heterocycles. The van der Waals surface area contributed by atoms with Crippen LogP contribution in [0, 0.1) is 5.82 Å². The van der Waals surface area contributed by atoms with Crippen LogP contribution in [-0.4, -0.2) is 24.7 Å². The van der Waals surface area contributed by atoms with Crippen molar-refractivity contribution in [3.05, 3.63) is 57.8 Å². The van der Waals surface area contributed by atoms with Gasteiger partial charge in [-0.15, -0.1) is 0 Å². The number of hydrogen-bond donors (Lipinski definition) is 1. The van der Waals surface area contributed by atoms with E-state index in [9.17, 15) is 9.18 Å². The van der Waals surface area contributed by atoms with Crippen LogP contribution in [0.3, 0.4) is 0 Å². The molecule has 0 fully saturated rings. The first-order valence-corrected chi connectivity index (χ1v) is 8.82. The van der Waals surface area contributed by atoms with E-state index in [0.29, 0.717) is 28.9 Å². The third kappa shape index (κ3) is 4.12. The summed E-state index contributed by atoms with van der Waals surface area (Å²) >= 11 is 3.19. The second kappa shape index (κ2) is 7.04. The Hall–Kier alpha value is -2.08. The lowest BCUT2D eigenvalue weighted by Crippen LogP contribution is -2.28. The van der Waals surface area contributed by atoms with Crippen molar-refractivity contribution in [2.45, 2.75) is 25.9 Å². The quantitative estimate of drug-likeness (QED) is 0.758. The molecule has 1 amide bonds. The molecule has 0 bridgehead atoms. The highest BCUT2D eigenvalue weighted by Gasteiger charge is 2.32. The van der Waals surface area contributed by atoms with Gasteiger partial charge in [-0.2, -0.15) is 0 Å². The number of benzene rings is 2. The van der Waals surface area contributed by atoms with E-state index in [4.69, 9.17) is 9.47 Å². The third-order valence-electron chi connectivity index (χ3n) is 3.88. The van der Waals surface area contributed by atoms with E-state index >= 15 is 0 Å². The highest BCUT2D eigenvalue weighted by molar-refractivity contribution is 9.10. The molecule has 0 spiro atoms. The SMILES string of the molecule is CC1(C)Cc2cccc(OCCNC(=O)c3ccc(F)cc3Br)c2O1. The lowest BCUT2D eigenvalue weighted by atomic mass is 10.0. The number of fused-ring (bicyclic) bond motifs is 1. The minimum absolute atomic E-state index is 0.231. The van der Waals surface area contributed by atoms with Gasteiger partial charge < -0.3 is 14.8 Å². The highest BCUT2D eigenvalue weighted by atomic mass is 79.9. The highest BCUT2D eigenvalue weighted by Crippen LogP contribution is 2.41. The van der Waals surface area contributed by atoms with Crippen LogP contribution >= 0.6 is 15.9 Å². The van der Waals surface area contributed by atoms with Crippen molar-refractivity contribution >= 4 is 21.8 Å². The fourth-order valence-electron chi connectivity index (χ4n) is 2.80. The molecule has 1 heterocycles. The number of nitrogens with one attached hydrogen (secondary N) is 1. The second-order valence-electron chi connectivity index (χ2n) is 6.51. The average Bonchev–Trinajstić information content (AvgIpc) is 2.86. The smallest absolute Gasteiger partial charge is 0.252 e. The second-order valence-corrected chi connectivity index (χ2v) is 7.37. The Balaban J connectivity index is 1.55. The van der Waals surface area contributed by atoms with E-state index < -0.39 is 5.82 Å². The standard InChI is InChI=1S/C19H19BrFNO3/c1-19(2)11-12-4-3-5-16(17(12)25-19)24-9-8-22-18(23)14-7-6-13(21)10-15(14)20/h3-7,10H,8-9,11H2,1-2H3,(H,22,23). The van der Waals surface area contributed by atoms with Crippen LogP contribution in [-0.2, 0) is 6.42 Å². The normalized spacial score (nSPS) is 14.6. The molecule has 25 heavy (non-hydrogen) atoms. The molecule has 0 aliphatic carbocycles. The summed E-state index contributed by atoms with van der Waals surface area (Å²) in [5, 5.41) is 2.76. The van der Waals surface area contributed by atoms with Gasteiger partial charge in [0, 0.05) is 16.5 Å². The summed E-state index contributed by atoms with van der Waals surface area (Å²) in [7, 11) is 0. The minimum Gasteiger partial charge on any atom is -0.488 e. The predicted molar refractivity (Wildman–Crippen MR) is 96.8 cm³/mol. The van der Waals surface area contributed by atoms with E-state index in [1.807, 2.05) is 32.0 Å². The van der Waals surface area contributed by atoms with E-state index in [2.05, 4.69) is 21.2 Å². The molecule has 2 aromatic rings. The molecule has 6 heteroatoms. The average molecular weight is 408 g/mol. The molecule has 0 saturated carbocycles. The van der Waals surface area contributed by atoms with Gasteiger partial charge in [0.1, 0.15) is 18.0 Å². The minimum atomic E-state index is -0.396. The monoisotopic (exact) mass is 407 g/mol. The fourth-order valence-corrected chi connectivity index (χ4v) is 3.33. The Bertz CT molecular complexity index is 807. The van der Waals surface area contributed by atoms with Crippen LogP contribution in [0.4, 0.5) is 4.39 Å². The maximum atomic E-state index is 13.1. The molecule has 0 radical (unpaired) electrons. The molecule has 0 atom stereocenters. The van der Waals surface area contributed by atoms with Crippen LogP contribution in [0.25, 0.3) is 0 Å². The van der Waals surface area contributed by atoms with Crippen molar-refractivity contribution in [1.29, 1.82) is 0 Å². The molecule has 132 valence electrons. The zero-order valence-corrected chi connectivity index (χ0v) is 15.7. The van der Waals surface area contributed by atoms with E-state index in [1.54, 1.807) is 0 Å². The maximum absolute atomic E-state index is 13.1. The molecule has 2 aromatic carbocycles. The Morgan fingerprint density at radius 2 is 2.16 bits per heavy atom. The van der Waals surface area contributed by atoms with Crippen LogP contribution in [0.15, 0.2) is 40.9 Å². The molecule has 1 aliphatic rings. The number of hydrogen-bond acceptors (Lipinski definition) is 3. The number of amides is 1. The Morgan fingerprint density at radius 1 is 1.36 bits per heavy atom. The first-order chi connectivity index (χ1) is 11.9. The molecule has 3 rings (SSSR count). The summed E-state index contributed by atoms with van der Waals surface area (Å²) in [5.74, 6) is 0.777. The van der Waals surface area contributed by atoms with Crippen molar-refractivity contribution in [3.63, 3.8) is 0 Å². The molecular formula is C19H19BrFNO3. The molecular weight excluding hydrogens is 389 g/mol. The zero-order chi connectivity index (χ0) is 18.0. The van der Waals surface area contributed by atoms with Gasteiger partial charge in [-0.25, -0.2) is 4.39 Å². The van der Waals surface area contributed by atoms with Crippen LogP contribution in [0.2, 0.25) is 0 Å². The largest absolute Gasteiger partial charge is 0.488 e. The van der Waals surface area contributed by atoms with Crippen molar-refractivity contribution in [1.82, 2.24) is 5.32 Å². The summed E-state index contributed by atoms with van der Waals surface area (Å²) in [6, 6.07) is 9.78. The number of para-hydroxylation sites is 1. The van der Waals surface area contributed by atoms with Gasteiger partial charge in [-0.05, 0) is 54.0 Å². The maximum Gasteiger partial charge on any atom is 0.252 e. The Labute approximate surface area is 154 Å². The summed E-state index contributed by atoms with van der Waals surface area (Å²) in [6.45, 7) is 4.72. The number of rotatable bonds is 5. The third-order valence-corrected chi connectivity index (χ3v) is 4.53. The van der Waals surface area contributed by atoms with Gasteiger partial charge in [0.05, 0.1) is 12.1 Å². The van der Waals surface area contributed by atoms with Gasteiger partial charge in [0.25, 0.3) is 5.91 Å². The lowest BCUT2D eigenvalue weighted by Gasteiger charge is -2.18. The number of ether oxygens (including phenoxy) is 2. The molecule has 1 N–H and O–H groups in total. The Morgan fingerprint density at radius 3 is 2.92 bits per heavy atom. The van der Waals surface area contributed by atoms with Gasteiger partial charge in [0.2, 0.25) is 0 Å². The summed E-state index contributed by atoms with van der Waals surface area (Å²) < 4.78 is 25.2. The van der Waals surface area contributed by atoms with Crippen LogP contribution in [0.5, 0.6) is 11.5 Å². The predicted octanol–water partition coefficient (Wildman–Crippen LogP) is 4.11. The van der Waals surface area contributed by atoms with Crippen molar-refractivity contribution < 1.29 is 18.7 Å². The Kier molecular flexibility index (Phi) is 4.99. The number of carbonyl (C=O) groups is 1. The number of halogens is 2. The van der Waals surface area contributed by atoms with E-state index in [1.165, 1.54) is 18.2 Å². The number of carbonyl (C=O) groups excluding carboxylic acids is 1. The summed E-state index contributed by atoms with van der Waals surface area (Å²) in [6.07, 6.45) is 0.842. The van der Waals surface area contributed by atoms with Crippen LogP contribution < -0.4 is 14.8 Å². The van der Waals surface area contributed by atoms with Gasteiger partial charge in [-0.1, -0.05) is 12.1 Å². The van der Waals surface area contributed by atoms with Gasteiger partial charge in [-0.3, -0.25) is 4.79 Å². The van der Waals surface area contributed by atoms with Crippen molar-refractivity contribution in [2.75, 3.05) is 13.2 Å². The van der Waals surface area contributed by atoms with E-state index in [-0.39, 0.29) is 11.5 Å². The van der Waals surface area contributed by atoms with E-state index in [0.717, 1.165) is 17.7 Å². The summed E-state index contributed by atoms with van der Waals surface area (Å²) in [4.78, 5) is 12.1. The first-order valence-electron chi connectivity index (χ1n) is 8.03. The molecule has 4 nitrogen and oxygen atoms in total. The molecule has 0 saturated heterocycles. The van der Waals surface area contributed by atoms with Gasteiger partial charge >= 0.3 is 0 Å². The van der Waals surface area contributed by atoms with Crippen molar-refractivity contribution in [2.24, 2.45) is 0 Å². The molecule has 0 unspecified atom stereocenters. The zero-order valence-electron chi connectivity index (χ0n) is 14.1. The van der Waals surface area contributed by atoms with Gasteiger partial charge in [0.15, 0.2) is 11.5 Å². The topological polar surface area (TPSA) is 47.6 Å². The van der Waals surface area contributed by atoms with Crippen molar-refractivity contribution in [3.8, 4) is 11.5 Å². The first kappa shape index (κ1) is 17.7. The van der Waals surface area contributed by atoms with Crippen LogP contribution in [0.1, 0.15) is 29.8 Å². The summed E-state index contributed by atoms with van der Waals surface area (Å²) in [5.41, 5.74) is 1.28. The molecule has 0 aromatic heterocycles. The fraction of sp³-hybridized carbons (Fsp3) is 0.316. The lowest BCUT2D eigenvalue weighted by molar-refractivity contribution is 0.0945.